The van der Waals surface area contributed by atoms with E-state index in [1.807, 2.05) is 42.5 Å². The van der Waals surface area contributed by atoms with Crippen molar-refractivity contribution >= 4 is 40.1 Å². The fourth-order valence-electron chi connectivity index (χ4n) is 5.41. The highest BCUT2D eigenvalue weighted by atomic mass is 32.1. The van der Waals surface area contributed by atoms with Crippen molar-refractivity contribution in [2.75, 3.05) is 45.3 Å². The fourth-order valence-corrected chi connectivity index (χ4v) is 6.68. The van der Waals surface area contributed by atoms with Gasteiger partial charge in [-0.1, -0.05) is 39.0 Å². The number of methoxy groups -OCH3 is 1. The van der Waals surface area contributed by atoms with Gasteiger partial charge in [-0.05, 0) is 72.1 Å². The highest BCUT2D eigenvalue weighted by molar-refractivity contribution is 7.16. The van der Waals surface area contributed by atoms with Crippen LogP contribution in [-0.4, -0.2) is 62.9 Å². The summed E-state index contributed by atoms with van der Waals surface area (Å²) >= 11 is 1.61. The fraction of sp³-hybridized carbons (Fsp3) is 0.424. The highest BCUT2D eigenvalue weighted by Crippen LogP contribution is 2.45. The second kappa shape index (κ2) is 13.1. The maximum absolute atomic E-state index is 13.6. The summed E-state index contributed by atoms with van der Waals surface area (Å²) < 4.78 is 16.7. The lowest BCUT2D eigenvalue weighted by Gasteiger charge is -2.33. The van der Waals surface area contributed by atoms with E-state index in [9.17, 15) is 9.59 Å². The lowest BCUT2D eigenvalue weighted by atomic mass is 9.72. The number of rotatable bonds is 8. The van der Waals surface area contributed by atoms with E-state index in [1.165, 1.54) is 4.88 Å². The van der Waals surface area contributed by atoms with Crippen LogP contribution in [0.1, 0.15) is 53.6 Å². The quantitative estimate of drug-likeness (QED) is 0.319. The number of nitrogens with zero attached hydrogens (tertiary/aromatic N) is 2. The van der Waals surface area contributed by atoms with Crippen molar-refractivity contribution in [1.82, 2.24) is 4.90 Å². The van der Waals surface area contributed by atoms with Gasteiger partial charge in [0.05, 0.1) is 25.9 Å². The SMILES string of the molecule is COc1cc(C=Nc2sc3c(c2C(=O)Nc2ccccc2)CC[C@H](C(C)(C)C)C3)ccc1OCC(=O)N1CCOCC1. The van der Waals surface area contributed by atoms with E-state index in [0.717, 1.165) is 36.1 Å². The monoisotopic (exact) mass is 589 g/mol. The topological polar surface area (TPSA) is 89.5 Å². The zero-order chi connectivity index (χ0) is 29.7. The molecule has 1 saturated heterocycles. The van der Waals surface area contributed by atoms with Crippen LogP contribution in [0.15, 0.2) is 53.5 Å². The Balaban J connectivity index is 1.37. The molecular formula is C33H39N3O5S. The number of benzene rings is 2. The number of anilines is 1. The Morgan fingerprint density at radius 3 is 2.60 bits per heavy atom. The van der Waals surface area contributed by atoms with Gasteiger partial charge in [0, 0.05) is 29.9 Å². The molecule has 3 aromatic rings. The van der Waals surface area contributed by atoms with Crippen molar-refractivity contribution in [1.29, 1.82) is 0 Å². The Bertz CT molecular complexity index is 1440. The van der Waals surface area contributed by atoms with Crippen molar-refractivity contribution < 1.29 is 23.8 Å². The highest BCUT2D eigenvalue weighted by Gasteiger charge is 2.33. The van der Waals surface area contributed by atoms with Crippen LogP contribution in [0.2, 0.25) is 0 Å². The third-order valence-corrected chi connectivity index (χ3v) is 9.13. The number of fused-ring (bicyclic) bond motifs is 1. The van der Waals surface area contributed by atoms with Gasteiger partial charge in [-0.15, -0.1) is 11.3 Å². The maximum Gasteiger partial charge on any atom is 0.260 e. The molecule has 8 nitrogen and oxygen atoms in total. The van der Waals surface area contributed by atoms with E-state index in [4.69, 9.17) is 19.2 Å². The van der Waals surface area contributed by atoms with Gasteiger partial charge in [0.1, 0.15) is 5.00 Å². The normalized spacial score (nSPS) is 17.1. The first-order chi connectivity index (χ1) is 20.2. The number of morpholine rings is 1. The van der Waals surface area contributed by atoms with E-state index in [1.54, 1.807) is 35.6 Å². The lowest BCUT2D eigenvalue weighted by Crippen LogP contribution is -2.43. The molecule has 42 heavy (non-hydrogen) atoms. The van der Waals surface area contributed by atoms with E-state index >= 15 is 0 Å². The summed E-state index contributed by atoms with van der Waals surface area (Å²) in [5.74, 6) is 1.33. The number of ether oxygens (including phenoxy) is 3. The van der Waals surface area contributed by atoms with Crippen LogP contribution in [0.25, 0.3) is 0 Å². The minimum absolute atomic E-state index is 0.0695. The first-order valence-corrected chi connectivity index (χ1v) is 15.3. The van der Waals surface area contributed by atoms with Crippen molar-refractivity contribution in [3.05, 3.63) is 70.1 Å². The molecule has 2 aromatic carbocycles. The Kier molecular flexibility index (Phi) is 9.28. The summed E-state index contributed by atoms with van der Waals surface area (Å²) in [7, 11) is 1.57. The number of nitrogens with one attached hydrogen (secondary N) is 1. The van der Waals surface area contributed by atoms with Crippen molar-refractivity contribution in [2.45, 2.75) is 40.0 Å². The average Bonchev–Trinajstić information content (AvgIpc) is 3.37. The van der Waals surface area contributed by atoms with E-state index in [2.05, 4.69) is 26.1 Å². The Hall–Kier alpha value is -3.69. The van der Waals surface area contributed by atoms with Crippen LogP contribution in [0.5, 0.6) is 11.5 Å². The molecule has 0 radical (unpaired) electrons. The van der Waals surface area contributed by atoms with Gasteiger partial charge in [0.25, 0.3) is 11.8 Å². The smallest absolute Gasteiger partial charge is 0.260 e. The molecule has 222 valence electrons. The molecule has 2 heterocycles. The maximum atomic E-state index is 13.6. The summed E-state index contributed by atoms with van der Waals surface area (Å²) in [6.07, 6.45) is 4.62. The molecule has 1 atom stereocenters. The van der Waals surface area contributed by atoms with Gasteiger partial charge in [0.15, 0.2) is 18.1 Å². The van der Waals surface area contributed by atoms with E-state index in [0.29, 0.717) is 54.3 Å². The molecule has 0 bridgehead atoms. The summed E-state index contributed by atoms with van der Waals surface area (Å²) in [6.45, 7) is 9.03. The molecule has 0 unspecified atom stereocenters. The first kappa shape index (κ1) is 29.8. The number of aliphatic imine (C=N–C) groups is 1. The van der Waals surface area contributed by atoms with E-state index < -0.39 is 0 Å². The van der Waals surface area contributed by atoms with Gasteiger partial charge in [-0.2, -0.15) is 0 Å². The number of hydrogen-bond donors (Lipinski definition) is 1. The van der Waals surface area contributed by atoms with Crippen LogP contribution in [0, 0.1) is 11.3 Å². The van der Waals surface area contributed by atoms with Gasteiger partial charge in [-0.25, -0.2) is 4.99 Å². The Morgan fingerprint density at radius 2 is 1.88 bits per heavy atom. The summed E-state index contributed by atoms with van der Waals surface area (Å²) in [6, 6.07) is 15.0. The van der Waals surface area contributed by atoms with Gasteiger partial charge in [0.2, 0.25) is 0 Å². The molecule has 1 aliphatic heterocycles. The second-order valence-corrected chi connectivity index (χ2v) is 12.8. The van der Waals surface area contributed by atoms with E-state index in [-0.39, 0.29) is 23.8 Å². The van der Waals surface area contributed by atoms with Crippen molar-refractivity contribution in [3.63, 3.8) is 0 Å². The molecule has 1 fully saturated rings. The zero-order valence-electron chi connectivity index (χ0n) is 24.8. The van der Waals surface area contributed by atoms with Gasteiger partial charge in [-0.3, -0.25) is 9.59 Å². The minimum Gasteiger partial charge on any atom is -0.493 e. The number of thiophene rings is 1. The molecule has 0 saturated carbocycles. The Labute approximate surface area is 251 Å². The van der Waals surface area contributed by atoms with Crippen LogP contribution < -0.4 is 14.8 Å². The van der Waals surface area contributed by atoms with Crippen LogP contribution in [-0.2, 0) is 22.4 Å². The predicted molar refractivity (Wildman–Crippen MR) is 167 cm³/mol. The first-order valence-electron chi connectivity index (χ1n) is 14.4. The lowest BCUT2D eigenvalue weighted by molar-refractivity contribution is -0.137. The van der Waals surface area contributed by atoms with Crippen molar-refractivity contribution in [3.8, 4) is 11.5 Å². The third-order valence-electron chi connectivity index (χ3n) is 7.96. The number of para-hydroxylation sites is 1. The largest absolute Gasteiger partial charge is 0.493 e. The van der Waals surface area contributed by atoms with Crippen molar-refractivity contribution in [2.24, 2.45) is 16.3 Å². The summed E-state index contributed by atoms with van der Waals surface area (Å²) in [5, 5.41) is 3.77. The van der Waals surface area contributed by atoms with Gasteiger partial charge < -0.3 is 24.4 Å². The number of amides is 2. The molecule has 1 aromatic heterocycles. The molecule has 2 amide bonds. The minimum atomic E-state index is -0.133. The summed E-state index contributed by atoms with van der Waals surface area (Å²) in [5.41, 5.74) is 3.54. The summed E-state index contributed by atoms with van der Waals surface area (Å²) in [4.78, 5) is 33.9. The molecule has 5 rings (SSSR count). The molecule has 0 spiro atoms. The van der Waals surface area contributed by atoms with Crippen LogP contribution in [0.4, 0.5) is 10.7 Å². The second-order valence-electron chi connectivity index (χ2n) is 11.8. The zero-order valence-corrected chi connectivity index (χ0v) is 25.6. The molecular weight excluding hydrogens is 550 g/mol. The molecule has 1 N–H and O–H groups in total. The van der Waals surface area contributed by atoms with Crippen LogP contribution >= 0.6 is 11.3 Å². The predicted octanol–water partition coefficient (Wildman–Crippen LogP) is 6.15. The average molecular weight is 590 g/mol. The number of carbonyl (C=O) groups is 2. The van der Waals surface area contributed by atoms with Gasteiger partial charge >= 0.3 is 0 Å². The third kappa shape index (κ3) is 7.02. The molecule has 2 aliphatic rings. The molecule has 1 aliphatic carbocycles. The van der Waals surface area contributed by atoms with Crippen LogP contribution in [0.3, 0.4) is 0 Å². The standard InChI is InChI=1S/C33H39N3O5S/c1-33(2,3)23-11-12-25-28(19-23)42-32(30(25)31(38)35-24-8-6-5-7-9-24)34-20-22-10-13-26(27(18-22)39-4)41-21-29(37)36-14-16-40-17-15-36/h5-10,13,18,20,23H,11-12,14-17,19,21H2,1-4H3,(H,35,38)/t23-/m0/s1. The Morgan fingerprint density at radius 1 is 1.12 bits per heavy atom. The number of carbonyl (C=O) groups excluding carboxylic acids is 2. The number of hydrogen-bond acceptors (Lipinski definition) is 7. The molecule has 9 heteroatoms.